The van der Waals surface area contributed by atoms with E-state index in [-0.39, 0.29) is 23.9 Å². The van der Waals surface area contributed by atoms with E-state index in [9.17, 15) is 14.7 Å². The van der Waals surface area contributed by atoms with Crippen molar-refractivity contribution in [2.24, 2.45) is 0 Å². The predicted octanol–water partition coefficient (Wildman–Crippen LogP) is 5.58. The first-order valence-electron chi connectivity index (χ1n) is 11.6. The summed E-state index contributed by atoms with van der Waals surface area (Å²) < 4.78 is 11.1. The molecule has 4 rings (SSSR count). The molecular weight excluding hydrogens is 442 g/mol. The number of hydrogen-bond donors (Lipinski definition) is 1. The number of Topliss-reactive ketones (excluding diaryl/α,β-unsaturated/α-hetero) is 1. The van der Waals surface area contributed by atoms with Crippen LogP contribution in [-0.4, -0.2) is 30.0 Å². The lowest BCUT2D eigenvalue weighted by Gasteiger charge is -2.27. The van der Waals surface area contributed by atoms with Gasteiger partial charge in [-0.15, -0.1) is 0 Å². The fraction of sp³-hybridized carbons (Fsp3) is 0.241. The van der Waals surface area contributed by atoms with Gasteiger partial charge >= 0.3 is 0 Å². The number of nitrogens with zero attached hydrogens (tertiary/aromatic N) is 1. The molecule has 3 aromatic carbocycles. The number of ketones is 1. The van der Waals surface area contributed by atoms with Gasteiger partial charge in [-0.3, -0.25) is 14.5 Å². The third-order valence-electron chi connectivity index (χ3n) is 5.89. The van der Waals surface area contributed by atoms with Gasteiger partial charge in [0.15, 0.2) is 11.5 Å². The fourth-order valence-corrected chi connectivity index (χ4v) is 4.27. The van der Waals surface area contributed by atoms with Crippen molar-refractivity contribution in [2.45, 2.75) is 38.8 Å². The lowest BCUT2D eigenvalue weighted by Crippen LogP contribution is -2.31. The third kappa shape index (κ3) is 5.22. The van der Waals surface area contributed by atoms with Gasteiger partial charge in [0.25, 0.3) is 5.91 Å². The lowest BCUT2D eigenvalue weighted by atomic mass is 9.93. The van der Waals surface area contributed by atoms with Gasteiger partial charge in [0.2, 0.25) is 0 Å². The molecule has 1 atom stereocenters. The monoisotopic (exact) mass is 471 g/mol. The van der Waals surface area contributed by atoms with Crippen LogP contribution in [0.1, 0.15) is 37.4 Å². The van der Waals surface area contributed by atoms with E-state index in [1.54, 1.807) is 31.4 Å². The molecule has 0 fully saturated rings. The maximum Gasteiger partial charge on any atom is 0.294 e. The maximum atomic E-state index is 13.4. The van der Waals surface area contributed by atoms with Gasteiger partial charge in [-0.25, -0.2) is 0 Å². The SMILES string of the molecule is COc1cccc(N2C(=O)C(O)=C(C(=O)CCc3ccccc3)C2c2ccc(OC(C)C)cc2)c1. The van der Waals surface area contributed by atoms with Crippen molar-refractivity contribution >= 4 is 17.4 Å². The molecule has 6 heteroatoms. The maximum absolute atomic E-state index is 13.4. The first kappa shape index (κ1) is 24.1. The molecule has 35 heavy (non-hydrogen) atoms. The molecule has 6 nitrogen and oxygen atoms in total. The van der Waals surface area contributed by atoms with Gasteiger partial charge in [-0.05, 0) is 55.7 Å². The summed E-state index contributed by atoms with van der Waals surface area (Å²) >= 11 is 0. The Morgan fingerprint density at radius 3 is 2.34 bits per heavy atom. The first-order valence-corrected chi connectivity index (χ1v) is 11.6. The van der Waals surface area contributed by atoms with Crippen LogP contribution in [0, 0.1) is 0 Å². The van der Waals surface area contributed by atoms with Crippen molar-refractivity contribution in [2.75, 3.05) is 12.0 Å². The molecule has 1 N–H and O–H groups in total. The number of hydrogen-bond acceptors (Lipinski definition) is 5. The molecule has 0 aromatic heterocycles. The molecule has 1 amide bonds. The number of methoxy groups -OCH3 is 1. The van der Waals surface area contributed by atoms with E-state index < -0.39 is 17.7 Å². The fourth-order valence-electron chi connectivity index (χ4n) is 4.27. The molecule has 180 valence electrons. The lowest BCUT2D eigenvalue weighted by molar-refractivity contribution is -0.118. The number of aliphatic hydroxyl groups is 1. The van der Waals surface area contributed by atoms with E-state index >= 15 is 0 Å². The zero-order valence-corrected chi connectivity index (χ0v) is 20.1. The number of amides is 1. The number of aliphatic hydroxyl groups excluding tert-OH is 1. The van der Waals surface area contributed by atoms with Crippen molar-refractivity contribution in [3.05, 3.63) is 101 Å². The van der Waals surface area contributed by atoms with Crippen LogP contribution in [0.2, 0.25) is 0 Å². The van der Waals surface area contributed by atoms with Crippen molar-refractivity contribution < 1.29 is 24.2 Å². The van der Waals surface area contributed by atoms with Crippen LogP contribution >= 0.6 is 0 Å². The predicted molar refractivity (Wildman–Crippen MR) is 135 cm³/mol. The Bertz CT molecular complexity index is 1230. The molecular formula is C29H29NO5. The summed E-state index contributed by atoms with van der Waals surface area (Å²) in [6, 6.07) is 23.2. The average molecular weight is 472 g/mol. The first-order chi connectivity index (χ1) is 16.9. The highest BCUT2D eigenvalue weighted by molar-refractivity contribution is 6.16. The van der Waals surface area contributed by atoms with E-state index in [0.717, 1.165) is 5.56 Å². The number of carbonyl (C=O) groups excluding carboxylic acids is 2. The van der Waals surface area contributed by atoms with Gasteiger partial charge in [0.05, 0.1) is 24.8 Å². The quantitative estimate of drug-likeness (QED) is 0.441. The Hall–Kier alpha value is -4.06. The third-order valence-corrected chi connectivity index (χ3v) is 5.89. The number of benzene rings is 3. The summed E-state index contributed by atoms with van der Waals surface area (Å²) in [6.45, 7) is 3.89. The zero-order valence-electron chi connectivity index (χ0n) is 20.1. The van der Waals surface area contributed by atoms with Crippen LogP contribution in [0.15, 0.2) is 90.2 Å². The average Bonchev–Trinajstić information content (AvgIpc) is 3.13. The Morgan fingerprint density at radius 2 is 1.69 bits per heavy atom. The Kier molecular flexibility index (Phi) is 7.20. The smallest absolute Gasteiger partial charge is 0.294 e. The zero-order chi connectivity index (χ0) is 24.9. The van der Waals surface area contributed by atoms with Gasteiger partial charge in [-0.1, -0.05) is 48.5 Å². The van der Waals surface area contributed by atoms with Crippen LogP contribution in [0.3, 0.4) is 0 Å². The molecule has 1 heterocycles. The molecule has 1 unspecified atom stereocenters. The number of anilines is 1. The molecule has 1 aliphatic rings. The van der Waals surface area contributed by atoms with Gasteiger partial charge in [0, 0.05) is 18.2 Å². The van der Waals surface area contributed by atoms with Crippen molar-refractivity contribution in [1.29, 1.82) is 0 Å². The molecule has 0 aliphatic carbocycles. The van der Waals surface area contributed by atoms with Gasteiger partial charge in [0.1, 0.15) is 11.5 Å². The highest BCUT2D eigenvalue weighted by Crippen LogP contribution is 2.42. The minimum absolute atomic E-state index is 0.0151. The van der Waals surface area contributed by atoms with Crippen LogP contribution in [-0.2, 0) is 16.0 Å². The van der Waals surface area contributed by atoms with Gasteiger partial charge < -0.3 is 14.6 Å². The van der Waals surface area contributed by atoms with Gasteiger partial charge in [-0.2, -0.15) is 0 Å². The summed E-state index contributed by atoms with van der Waals surface area (Å²) in [4.78, 5) is 28.2. The van der Waals surface area contributed by atoms with E-state index in [4.69, 9.17) is 9.47 Å². The summed E-state index contributed by atoms with van der Waals surface area (Å²) in [5, 5.41) is 10.9. The topological polar surface area (TPSA) is 76.1 Å². The molecule has 0 saturated heterocycles. The Labute approximate surface area is 205 Å². The number of rotatable bonds is 9. The molecule has 0 saturated carbocycles. The summed E-state index contributed by atoms with van der Waals surface area (Å²) in [6.07, 6.45) is 0.701. The Balaban J connectivity index is 1.72. The second-order valence-electron chi connectivity index (χ2n) is 8.69. The highest BCUT2D eigenvalue weighted by Gasteiger charge is 2.44. The highest BCUT2D eigenvalue weighted by atomic mass is 16.5. The van der Waals surface area contributed by atoms with E-state index in [2.05, 4.69) is 0 Å². The molecule has 0 spiro atoms. The Morgan fingerprint density at radius 1 is 0.971 bits per heavy atom. The van der Waals surface area contributed by atoms with E-state index in [1.165, 1.54) is 4.90 Å². The number of aryl methyl sites for hydroxylation is 1. The van der Waals surface area contributed by atoms with Crippen LogP contribution in [0.25, 0.3) is 0 Å². The number of ether oxygens (including phenoxy) is 2. The van der Waals surface area contributed by atoms with Crippen molar-refractivity contribution in [1.82, 2.24) is 0 Å². The number of carbonyl (C=O) groups is 2. The minimum Gasteiger partial charge on any atom is -0.503 e. The minimum atomic E-state index is -0.772. The van der Waals surface area contributed by atoms with E-state index in [1.807, 2.05) is 68.4 Å². The molecule has 0 radical (unpaired) electrons. The van der Waals surface area contributed by atoms with Crippen LogP contribution in [0.5, 0.6) is 11.5 Å². The van der Waals surface area contributed by atoms with Crippen LogP contribution in [0.4, 0.5) is 5.69 Å². The molecule has 1 aliphatic heterocycles. The van der Waals surface area contributed by atoms with Crippen molar-refractivity contribution in [3.63, 3.8) is 0 Å². The van der Waals surface area contributed by atoms with Crippen LogP contribution < -0.4 is 14.4 Å². The normalized spacial score (nSPS) is 15.6. The van der Waals surface area contributed by atoms with E-state index in [0.29, 0.717) is 29.2 Å². The summed E-state index contributed by atoms with van der Waals surface area (Å²) in [5.74, 6) is -0.144. The molecule has 0 bridgehead atoms. The summed E-state index contributed by atoms with van der Waals surface area (Å²) in [5.41, 5.74) is 2.34. The standard InChI is InChI=1S/C29H29NO5/c1-19(2)35-23-15-13-21(14-16-23)27-26(25(31)17-12-20-8-5-4-6-9-20)28(32)29(33)30(27)22-10-7-11-24(18-22)34-3/h4-11,13-16,18-19,27,32H,12,17H2,1-3H3. The van der Waals surface area contributed by atoms with Crippen molar-refractivity contribution in [3.8, 4) is 11.5 Å². The molecule has 3 aromatic rings. The second-order valence-corrected chi connectivity index (χ2v) is 8.69. The summed E-state index contributed by atoms with van der Waals surface area (Å²) in [7, 11) is 1.55. The second kappa shape index (κ2) is 10.5. The largest absolute Gasteiger partial charge is 0.503 e.